The van der Waals surface area contributed by atoms with Gasteiger partial charge in [0.15, 0.2) is 12.2 Å². The first-order valence-electron chi connectivity index (χ1n) is 36.8. The summed E-state index contributed by atoms with van der Waals surface area (Å²) < 4.78 is 68.1. The standard InChI is InChI=1S/C70H136O17P2/c1-5-9-13-17-20-23-26-29-30-31-32-33-36-39-42-45-49-53-57-70(75)87-66(61-81-68(73)55-51-47-43-40-37-34-27-24-21-18-14-10-6-2)63-85-89(78,79)83-59-64(71)58-82-88(76,77)84-62-65(60-80-67(72)54-50-46-16-12-8-4)86-69(74)56-52-48-44-41-38-35-28-25-22-19-15-11-7-3/h64-66,71H,5-63H2,1-4H3,(H,76,77)(H,78,79)/t64-,65+,66+/m0/s1. The molecule has 19 heteroatoms. The summed E-state index contributed by atoms with van der Waals surface area (Å²) in [4.78, 5) is 72.3. The van der Waals surface area contributed by atoms with Crippen LogP contribution in [-0.2, 0) is 65.4 Å². The zero-order chi connectivity index (χ0) is 65.4. The molecule has 17 nitrogen and oxygen atoms in total. The Hall–Kier alpha value is -1.94. The van der Waals surface area contributed by atoms with Gasteiger partial charge in [-0.05, 0) is 25.7 Å². The number of aliphatic hydroxyl groups excluding tert-OH is 1. The van der Waals surface area contributed by atoms with Gasteiger partial charge in [0.05, 0.1) is 26.4 Å². The van der Waals surface area contributed by atoms with Crippen LogP contribution in [0.3, 0.4) is 0 Å². The number of carbonyl (C=O) groups excluding carboxylic acids is 4. The monoisotopic (exact) mass is 1310 g/mol. The first-order chi connectivity index (χ1) is 43.2. The molecule has 0 aromatic carbocycles. The largest absolute Gasteiger partial charge is 0.472 e. The third-order valence-corrected chi connectivity index (χ3v) is 18.3. The van der Waals surface area contributed by atoms with Gasteiger partial charge in [-0.15, -0.1) is 0 Å². The highest BCUT2D eigenvalue weighted by atomic mass is 31.2. The van der Waals surface area contributed by atoms with Crippen molar-refractivity contribution in [1.29, 1.82) is 0 Å². The molecule has 0 aromatic rings. The molecule has 0 fully saturated rings. The van der Waals surface area contributed by atoms with E-state index in [0.29, 0.717) is 25.7 Å². The normalized spacial score (nSPS) is 14.0. The van der Waals surface area contributed by atoms with Crippen LogP contribution >= 0.6 is 15.6 Å². The van der Waals surface area contributed by atoms with E-state index in [1.54, 1.807) is 0 Å². The summed E-state index contributed by atoms with van der Waals surface area (Å²) in [7, 11) is -9.89. The molecule has 0 spiro atoms. The highest BCUT2D eigenvalue weighted by molar-refractivity contribution is 7.47. The molecule has 3 N–H and O–H groups in total. The van der Waals surface area contributed by atoms with Crippen molar-refractivity contribution in [3.63, 3.8) is 0 Å². The fraction of sp³-hybridized carbons (Fsp3) is 0.943. The van der Waals surface area contributed by atoms with Crippen LogP contribution in [0.2, 0.25) is 0 Å². The molecule has 0 bridgehead atoms. The number of aliphatic hydroxyl groups is 1. The van der Waals surface area contributed by atoms with Gasteiger partial charge in [0.25, 0.3) is 0 Å². The fourth-order valence-corrected chi connectivity index (χ4v) is 12.3. The van der Waals surface area contributed by atoms with Crippen molar-refractivity contribution < 1.29 is 80.2 Å². The number of phosphoric acid groups is 2. The Morgan fingerprint density at radius 1 is 0.270 bits per heavy atom. The van der Waals surface area contributed by atoms with Crippen LogP contribution in [0.5, 0.6) is 0 Å². The van der Waals surface area contributed by atoms with Gasteiger partial charge in [0.2, 0.25) is 0 Å². The topological polar surface area (TPSA) is 237 Å². The molecule has 0 rings (SSSR count). The maximum Gasteiger partial charge on any atom is 0.472 e. The SMILES string of the molecule is CCCCCCCCCCCCCCCCCCCCC(=O)O[C@H](COC(=O)CCCCCCCCCCCCCCC)COP(=O)(O)OC[C@@H](O)COP(=O)(O)OC[C@@H](COC(=O)CCCCCCC)OC(=O)CCCCCCCCCCCCCCC. The quantitative estimate of drug-likeness (QED) is 0.0222. The van der Waals surface area contributed by atoms with E-state index in [1.807, 2.05) is 0 Å². The second-order valence-corrected chi connectivity index (χ2v) is 28.2. The van der Waals surface area contributed by atoms with E-state index in [2.05, 4.69) is 27.7 Å². The molecule has 2 unspecified atom stereocenters. The summed E-state index contributed by atoms with van der Waals surface area (Å²) in [5, 5.41) is 10.6. The van der Waals surface area contributed by atoms with Crippen molar-refractivity contribution in [2.45, 2.75) is 386 Å². The smallest absolute Gasteiger partial charge is 0.462 e. The second-order valence-electron chi connectivity index (χ2n) is 25.3. The molecule has 528 valence electrons. The number of esters is 4. The van der Waals surface area contributed by atoms with Crippen LogP contribution in [0.25, 0.3) is 0 Å². The van der Waals surface area contributed by atoms with E-state index >= 15 is 0 Å². The average molecular weight is 1310 g/mol. The number of rotatable bonds is 71. The molecule has 0 aliphatic heterocycles. The summed E-state index contributed by atoms with van der Waals surface area (Å²) in [5.41, 5.74) is 0. The van der Waals surface area contributed by atoms with E-state index in [4.69, 9.17) is 37.0 Å². The highest BCUT2D eigenvalue weighted by Crippen LogP contribution is 2.45. The first kappa shape index (κ1) is 87.1. The zero-order valence-corrected chi connectivity index (χ0v) is 59.2. The number of carbonyl (C=O) groups is 4. The summed E-state index contributed by atoms with van der Waals surface area (Å²) in [6, 6.07) is 0. The molecule has 0 aromatic heterocycles. The predicted molar refractivity (Wildman–Crippen MR) is 359 cm³/mol. The van der Waals surface area contributed by atoms with Gasteiger partial charge < -0.3 is 33.8 Å². The lowest BCUT2D eigenvalue weighted by Gasteiger charge is -2.21. The van der Waals surface area contributed by atoms with E-state index in [-0.39, 0.29) is 25.7 Å². The molecular weight excluding hydrogens is 1170 g/mol. The van der Waals surface area contributed by atoms with Crippen molar-refractivity contribution in [2.24, 2.45) is 0 Å². The Labute approximate surface area is 543 Å². The molecule has 0 amide bonds. The van der Waals surface area contributed by atoms with E-state index < -0.39 is 97.5 Å². The molecule has 0 aliphatic carbocycles. The molecule has 0 radical (unpaired) electrons. The van der Waals surface area contributed by atoms with Gasteiger partial charge in [0.1, 0.15) is 19.3 Å². The third-order valence-electron chi connectivity index (χ3n) is 16.4. The Morgan fingerprint density at radius 2 is 0.449 bits per heavy atom. The van der Waals surface area contributed by atoms with Crippen LogP contribution in [-0.4, -0.2) is 96.7 Å². The Morgan fingerprint density at radius 3 is 0.663 bits per heavy atom. The van der Waals surface area contributed by atoms with Crippen LogP contribution < -0.4 is 0 Å². The number of phosphoric ester groups is 2. The zero-order valence-electron chi connectivity index (χ0n) is 57.4. The lowest BCUT2D eigenvalue weighted by atomic mass is 10.0. The summed E-state index contributed by atoms with van der Waals surface area (Å²) in [6.07, 6.45) is 53.0. The predicted octanol–water partition coefficient (Wildman–Crippen LogP) is 20.3. The number of hydrogen-bond donors (Lipinski definition) is 3. The van der Waals surface area contributed by atoms with Crippen molar-refractivity contribution in [3.8, 4) is 0 Å². The number of unbranched alkanes of at least 4 members (excludes halogenated alkanes) is 45. The van der Waals surface area contributed by atoms with Gasteiger partial charge in [0, 0.05) is 25.7 Å². The van der Waals surface area contributed by atoms with Gasteiger partial charge in [-0.3, -0.25) is 37.3 Å². The number of hydrogen-bond acceptors (Lipinski definition) is 15. The van der Waals surface area contributed by atoms with Crippen molar-refractivity contribution in [1.82, 2.24) is 0 Å². The maximum absolute atomic E-state index is 13.0. The van der Waals surface area contributed by atoms with Gasteiger partial charge >= 0.3 is 39.5 Å². The van der Waals surface area contributed by atoms with Crippen LogP contribution in [0, 0.1) is 0 Å². The summed E-state index contributed by atoms with van der Waals surface area (Å²) in [6.45, 7) is 4.87. The van der Waals surface area contributed by atoms with Crippen molar-refractivity contribution in [2.75, 3.05) is 39.6 Å². The van der Waals surface area contributed by atoms with Crippen LogP contribution in [0.1, 0.15) is 368 Å². The Balaban J connectivity index is 5.14. The third kappa shape index (κ3) is 64.6. The van der Waals surface area contributed by atoms with Gasteiger partial charge in [-0.2, -0.15) is 0 Å². The maximum atomic E-state index is 13.0. The molecular formula is C70H136O17P2. The fourth-order valence-electron chi connectivity index (χ4n) is 10.7. The summed E-state index contributed by atoms with van der Waals surface area (Å²) >= 11 is 0. The van der Waals surface area contributed by atoms with Crippen LogP contribution in [0.4, 0.5) is 0 Å². The van der Waals surface area contributed by atoms with E-state index in [0.717, 1.165) is 96.3 Å². The van der Waals surface area contributed by atoms with E-state index in [9.17, 15) is 43.2 Å². The van der Waals surface area contributed by atoms with Gasteiger partial charge in [-0.25, -0.2) is 9.13 Å². The molecule has 0 aliphatic rings. The summed E-state index contributed by atoms with van der Waals surface area (Å²) in [5.74, 6) is -2.13. The number of ether oxygens (including phenoxy) is 4. The molecule has 89 heavy (non-hydrogen) atoms. The molecule has 0 heterocycles. The molecule has 0 saturated carbocycles. The average Bonchev–Trinajstić information content (AvgIpc) is 3.71. The van der Waals surface area contributed by atoms with E-state index in [1.165, 1.54) is 193 Å². The molecule has 5 atom stereocenters. The minimum atomic E-state index is -4.95. The van der Waals surface area contributed by atoms with Crippen LogP contribution in [0.15, 0.2) is 0 Å². The first-order valence-corrected chi connectivity index (χ1v) is 39.8. The second kappa shape index (κ2) is 64.8. The highest BCUT2D eigenvalue weighted by Gasteiger charge is 2.30. The minimum Gasteiger partial charge on any atom is -0.462 e. The molecule has 0 saturated heterocycles. The lowest BCUT2D eigenvalue weighted by molar-refractivity contribution is -0.161. The van der Waals surface area contributed by atoms with Crippen molar-refractivity contribution >= 4 is 39.5 Å². The van der Waals surface area contributed by atoms with Gasteiger partial charge in [-0.1, -0.05) is 317 Å². The minimum absolute atomic E-state index is 0.107. The Kier molecular flexibility index (Phi) is 63.3. The Bertz CT molecular complexity index is 1710. The lowest BCUT2D eigenvalue weighted by Crippen LogP contribution is -2.30. The van der Waals surface area contributed by atoms with Crippen molar-refractivity contribution in [3.05, 3.63) is 0 Å².